The lowest BCUT2D eigenvalue weighted by Crippen LogP contribution is -2.24. The van der Waals surface area contributed by atoms with Gasteiger partial charge in [0.2, 0.25) is 0 Å². The molecule has 0 aliphatic heterocycles. The lowest BCUT2D eigenvalue weighted by molar-refractivity contribution is 0.0953. The number of amides is 1. The fourth-order valence-corrected chi connectivity index (χ4v) is 1.94. The van der Waals surface area contributed by atoms with Gasteiger partial charge in [0.1, 0.15) is 0 Å². The first kappa shape index (κ1) is 14.0. The molecule has 0 aliphatic rings. The van der Waals surface area contributed by atoms with Crippen LogP contribution in [0.25, 0.3) is 0 Å². The van der Waals surface area contributed by atoms with E-state index >= 15 is 0 Å². The maximum absolute atomic E-state index is 11.7. The summed E-state index contributed by atoms with van der Waals surface area (Å²) < 4.78 is 1.17. The van der Waals surface area contributed by atoms with E-state index in [0.29, 0.717) is 11.1 Å². The Bertz CT molecular complexity index is 395. The molecule has 0 aromatic heterocycles. The minimum Gasteiger partial charge on any atom is -0.352 e. The number of hydrogen-bond acceptors (Lipinski definition) is 2. The summed E-state index contributed by atoms with van der Waals surface area (Å²) in [7, 11) is 0. The Labute approximate surface area is 115 Å². The van der Waals surface area contributed by atoms with Crippen LogP contribution in [0.1, 0.15) is 35.2 Å². The fraction of sp³-hybridized carbons (Fsp3) is 0.385. The third-order valence-electron chi connectivity index (χ3n) is 2.37. The van der Waals surface area contributed by atoms with Gasteiger partial charge in [0.05, 0.1) is 11.6 Å². The number of carbonyl (C=O) groups excluding carboxylic acids is 1. The van der Waals surface area contributed by atoms with Gasteiger partial charge in [-0.25, -0.2) is 0 Å². The van der Waals surface area contributed by atoms with Gasteiger partial charge in [-0.15, -0.1) is 0 Å². The van der Waals surface area contributed by atoms with Crippen molar-refractivity contribution in [2.45, 2.75) is 19.3 Å². The zero-order chi connectivity index (χ0) is 12.5. The molecule has 0 heterocycles. The van der Waals surface area contributed by atoms with E-state index in [0.717, 1.165) is 19.4 Å². The number of benzene rings is 1. The van der Waals surface area contributed by atoms with Gasteiger partial charge in [-0.3, -0.25) is 4.79 Å². The van der Waals surface area contributed by atoms with E-state index in [2.05, 4.69) is 27.9 Å². The summed E-state index contributed by atoms with van der Waals surface area (Å²) in [4.78, 5) is 11.7. The van der Waals surface area contributed by atoms with Crippen molar-refractivity contribution in [1.82, 2.24) is 5.32 Å². The third kappa shape index (κ3) is 5.18. The van der Waals surface area contributed by atoms with Crippen LogP contribution in [-0.2, 0) is 0 Å². The number of hydrogen-bond donors (Lipinski definition) is 1. The topological polar surface area (TPSA) is 52.9 Å². The zero-order valence-corrected chi connectivity index (χ0v) is 11.7. The number of nitrogens with zero attached hydrogens (tertiary/aromatic N) is 1. The van der Waals surface area contributed by atoms with Gasteiger partial charge in [0, 0.05) is 12.1 Å². The van der Waals surface area contributed by atoms with E-state index in [4.69, 9.17) is 5.26 Å². The molecule has 0 radical (unpaired) electrons. The highest BCUT2D eigenvalue weighted by molar-refractivity contribution is 14.1. The first-order valence-electron chi connectivity index (χ1n) is 5.62. The van der Waals surface area contributed by atoms with Gasteiger partial charge < -0.3 is 5.32 Å². The number of nitriles is 1. The molecule has 0 fully saturated rings. The Balaban J connectivity index is 2.34. The SMILES string of the molecule is N#Cc1ccc(C(=O)NCCCCCI)cc1. The van der Waals surface area contributed by atoms with Crippen LogP contribution in [0.2, 0.25) is 0 Å². The minimum absolute atomic E-state index is 0.0658. The average Bonchev–Trinajstić information content (AvgIpc) is 2.38. The van der Waals surface area contributed by atoms with Crippen molar-refractivity contribution < 1.29 is 4.79 Å². The highest BCUT2D eigenvalue weighted by Crippen LogP contribution is 2.03. The lowest BCUT2D eigenvalue weighted by atomic mass is 10.1. The van der Waals surface area contributed by atoms with Crippen molar-refractivity contribution >= 4 is 28.5 Å². The van der Waals surface area contributed by atoms with Crippen molar-refractivity contribution in [2.75, 3.05) is 11.0 Å². The number of rotatable bonds is 6. The maximum atomic E-state index is 11.7. The Morgan fingerprint density at radius 3 is 2.53 bits per heavy atom. The second-order valence-corrected chi connectivity index (χ2v) is 4.77. The molecule has 1 aromatic carbocycles. The van der Waals surface area contributed by atoms with Gasteiger partial charge in [-0.05, 0) is 41.5 Å². The fourth-order valence-electron chi connectivity index (χ4n) is 1.40. The van der Waals surface area contributed by atoms with Crippen molar-refractivity contribution in [1.29, 1.82) is 5.26 Å². The molecule has 1 aromatic rings. The molecule has 0 atom stereocenters. The highest BCUT2D eigenvalue weighted by atomic mass is 127. The summed E-state index contributed by atoms with van der Waals surface area (Å²) in [6.07, 6.45) is 3.37. The van der Waals surface area contributed by atoms with Crippen molar-refractivity contribution in [3.63, 3.8) is 0 Å². The van der Waals surface area contributed by atoms with Gasteiger partial charge in [0.25, 0.3) is 5.91 Å². The van der Waals surface area contributed by atoms with E-state index in [1.165, 1.54) is 10.8 Å². The van der Waals surface area contributed by atoms with Crippen LogP contribution < -0.4 is 5.32 Å². The molecule has 0 spiro atoms. The first-order chi connectivity index (χ1) is 8.27. The summed E-state index contributed by atoms with van der Waals surface area (Å²) in [5.74, 6) is -0.0658. The van der Waals surface area contributed by atoms with Gasteiger partial charge in [-0.1, -0.05) is 29.0 Å². The first-order valence-corrected chi connectivity index (χ1v) is 7.15. The third-order valence-corrected chi connectivity index (χ3v) is 3.13. The minimum atomic E-state index is -0.0658. The van der Waals surface area contributed by atoms with E-state index in [-0.39, 0.29) is 5.91 Å². The second kappa shape index (κ2) is 8.07. The van der Waals surface area contributed by atoms with Crippen LogP contribution >= 0.6 is 22.6 Å². The maximum Gasteiger partial charge on any atom is 0.251 e. The molecular formula is C13H15IN2O. The highest BCUT2D eigenvalue weighted by Gasteiger charge is 2.03. The zero-order valence-electron chi connectivity index (χ0n) is 9.58. The number of alkyl halides is 1. The molecule has 0 aliphatic carbocycles. The van der Waals surface area contributed by atoms with Crippen LogP contribution in [0.4, 0.5) is 0 Å². The smallest absolute Gasteiger partial charge is 0.251 e. The number of halogens is 1. The van der Waals surface area contributed by atoms with Crippen molar-refractivity contribution in [3.8, 4) is 6.07 Å². The Morgan fingerprint density at radius 1 is 1.24 bits per heavy atom. The summed E-state index contributed by atoms with van der Waals surface area (Å²) in [5, 5.41) is 11.5. The van der Waals surface area contributed by atoms with Crippen molar-refractivity contribution in [2.24, 2.45) is 0 Å². The summed E-state index contributed by atoms with van der Waals surface area (Å²) in [5.41, 5.74) is 1.18. The Kier molecular flexibility index (Phi) is 6.63. The molecule has 0 unspecified atom stereocenters. The van der Waals surface area contributed by atoms with Crippen LogP contribution in [0, 0.1) is 11.3 Å². The van der Waals surface area contributed by atoms with E-state index in [1.54, 1.807) is 24.3 Å². The predicted octanol–water partition coefficient (Wildman–Crippen LogP) is 2.89. The largest absolute Gasteiger partial charge is 0.352 e. The molecule has 4 heteroatoms. The molecule has 90 valence electrons. The molecule has 0 saturated heterocycles. The molecule has 1 amide bonds. The molecular weight excluding hydrogens is 327 g/mol. The van der Waals surface area contributed by atoms with Crippen LogP contribution in [0.5, 0.6) is 0 Å². The van der Waals surface area contributed by atoms with Crippen molar-refractivity contribution in [3.05, 3.63) is 35.4 Å². The van der Waals surface area contributed by atoms with Crippen LogP contribution in [0.3, 0.4) is 0 Å². The number of nitrogens with one attached hydrogen (secondary N) is 1. The molecule has 3 nitrogen and oxygen atoms in total. The quantitative estimate of drug-likeness (QED) is 0.491. The van der Waals surface area contributed by atoms with Crippen LogP contribution in [-0.4, -0.2) is 16.9 Å². The monoisotopic (exact) mass is 342 g/mol. The van der Waals surface area contributed by atoms with Gasteiger partial charge in [0.15, 0.2) is 0 Å². The molecule has 1 rings (SSSR count). The molecule has 0 bridgehead atoms. The average molecular weight is 342 g/mol. The van der Waals surface area contributed by atoms with E-state index in [1.807, 2.05) is 6.07 Å². The molecule has 0 saturated carbocycles. The van der Waals surface area contributed by atoms with Crippen LogP contribution in [0.15, 0.2) is 24.3 Å². The summed E-state index contributed by atoms with van der Waals surface area (Å²) >= 11 is 2.35. The number of carbonyl (C=O) groups is 1. The standard InChI is InChI=1S/C13H15IN2O/c14-8-2-1-3-9-16-13(17)12-6-4-11(10-15)5-7-12/h4-7H,1-3,8-9H2,(H,16,17). The molecule has 17 heavy (non-hydrogen) atoms. The van der Waals surface area contributed by atoms with Gasteiger partial charge in [-0.2, -0.15) is 5.26 Å². The Hall–Kier alpha value is -1.09. The summed E-state index contributed by atoms with van der Waals surface area (Å²) in [6, 6.07) is 8.70. The van der Waals surface area contributed by atoms with Gasteiger partial charge >= 0.3 is 0 Å². The lowest BCUT2D eigenvalue weighted by Gasteiger charge is -2.04. The summed E-state index contributed by atoms with van der Waals surface area (Å²) in [6.45, 7) is 0.718. The Morgan fingerprint density at radius 2 is 1.94 bits per heavy atom. The van der Waals surface area contributed by atoms with E-state index in [9.17, 15) is 4.79 Å². The molecule has 1 N–H and O–H groups in total. The number of unbranched alkanes of at least 4 members (excludes halogenated alkanes) is 2. The van der Waals surface area contributed by atoms with E-state index < -0.39 is 0 Å². The normalized spacial score (nSPS) is 9.65. The second-order valence-electron chi connectivity index (χ2n) is 3.69. The predicted molar refractivity (Wildman–Crippen MR) is 76.2 cm³/mol.